The summed E-state index contributed by atoms with van der Waals surface area (Å²) in [5.41, 5.74) is 2.47. The van der Waals surface area contributed by atoms with Gasteiger partial charge in [0.1, 0.15) is 6.61 Å². The molecule has 5 heteroatoms. The normalized spacial score (nSPS) is 9.96. The van der Waals surface area contributed by atoms with E-state index in [1.54, 1.807) is 18.2 Å². The van der Waals surface area contributed by atoms with Crippen molar-refractivity contribution in [3.8, 4) is 0 Å². The van der Waals surface area contributed by atoms with Gasteiger partial charge < -0.3 is 15.4 Å². The van der Waals surface area contributed by atoms with E-state index in [0.29, 0.717) is 29.9 Å². The van der Waals surface area contributed by atoms with Crippen molar-refractivity contribution in [1.82, 2.24) is 0 Å². The standard InChI is InChI=1S/C18H20N2O3/c1-2-11-19-17-15(9-6-10-16(17)20-13-21)18(22)23-12-14-7-4-3-5-8-14/h3-10,13,19H,2,11-12H2,1H3,(H,20,21). The molecule has 0 bridgehead atoms. The molecule has 2 rings (SSSR count). The van der Waals surface area contributed by atoms with Gasteiger partial charge in [-0.1, -0.05) is 43.3 Å². The Bertz CT molecular complexity index is 657. The van der Waals surface area contributed by atoms with Gasteiger partial charge in [0.2, 0.25) is 6.41 Å². The van der Waals surface area contributed by atoms with Crippen LogP contribution in [0.15, 0.2) is 48.5 Å². The predicted octanol–water partition coefficient (Wildman–Crippen LogP) is 3.43. The van der Waals surface area contributed by atoms with Crippen molar-refractivity contribution in [1.29, 1.82) is 0 Å². The summed E-state index contributed by atoms with van der Waals surface area (Å²) in [6, 6.07) is 14.6. The molecule has 0 saturated heterocycles. The maximum atomic E-state index is 12.4. The number of hydrogen-bond acceptors (Lipinski definition) is 4. The predicted molar refractivity (Wildman–Crippen MR) is 90.5 cm³/mol. The van der Waals surface area contributed by atoms with Crippen molar-refractivity contribution >= 4 is 23.8 Å². The Kier molecular flexibility index (Phi) is 6.17. The topological polar surface area (TPSA) is 67.4 Å². The Hall–Kier alpha value is -2.82. The monoisotopic (exact) mass is 312 g/mol. The van der Waals surface area contributed by atoms with E-state index in [-0.39, 0.29) is 6.61 Å². The summed E-state index contributed by atoms with van der Waals surface area (Å²) in [5.74, 6) is -0.429. The number of amides is 1. The molecule has 5 nitrogen and oxygen atoms in total. The van der Waals surface area contributed by atoms with E-state index in [0.717, 1.165) is 12.0 Å². The van der Waals surface area contributed by atoms with Gasteiger partial charge in [0, 0.05) is 6.54 Å². The van der Waals surface area contributed by atoms with Gasteiger partial charge in [-0.25, -0.2) is 4.79 Å². The molecule has 0 spiro atoms. The summed E-state index contributed by atoms with van der Waals surface area (Å²) in [7, 11) is 0. The Morgan fingerprint density at radius 2 is 1.91 bits per heavy atom. The second-order valence-corrected chi connectivity index (χ2v) is 4.98. The van der Waals surface area contributed by atoms with Crippen molar-refractivity contribution in [3.63, 3.8) is 0 Å². The highest BCUT2D eigenvalue weighted by Gasteiger charge is 2.16. The number of anilines is 2. The van der Waals surface area contributed by atoms with Gasteiger partial charge in [0.05, 0.1) is 16.9 Å². The lowest BCUT2D eigenvalue weighted by Gasteiger charge is -2.15. The third kappa shape index (κ3) is 4.57. The number of para-hydroxylation sites is 1. The quantitative estimate of drug-likeness (QED) is 0.579. The molecule has 0 heterocycles. The van der Waals surface area contributed by atoms with E-state index in [1.807, 2.05) is 37.3 Å². The Balaban J connectivity index is 2.17. The third-order valence-electron chi connectivity index (χ3n) is 3.26. The zero-order valence-electron chi connectivity index (χ0n) is 13.0. The van der Waals surface area contributed by atoms with Crippen LogP contribution in [0.1, 0.15) is 29.3 Å². The maximum Gasteiger partial charge on any atom is 0.340 e. The van der Waals surface area contributed by atoms with Crippen LogP contribution >= 0.6 is 0 Å². The highest BCUT2D eigenvalue weighted by atomic mass is 16.5. The first kappa shape index (κ1) is 16.5. The number of hydrogen-bond donors (Lipinski definition) is 2. The van der Waals surface area contributed by atoms with Crippen LogP contribution in [0.25, 0.3) is 0 Å². The molecule has 0 aromatic heterocycles. The van der Waals surface area contributed by atoms with Crippen LogP contribution in [0.4, 0.5) is 11.4 Å². The van der Waals surface area contributed by atoms with E-state index in [9.17, 15) is 9.59 Å². The van der Waals surface area contributed by atoms with E-state index >= 15 is 0 Å². The van der Waals surface area contributed by atoms with Crippen LogP contribution in [0, 0.1) is 0 Å². The first-order valence-corrected chi connectivity index (χ1v) is 7.54. The van der Waals surface area contributed by atoms with Crippen molar-refractivity contribution in [2.24, 2.45) is 0 Å². The Labute approximate surface area is 135 Å². The van der Waals surface area contributed by atoms with Gasteiger partial charge in [-0.2, -0.15) is 0 Å². The van der Waals surface area contributed by atoms with Crippen molar-refractivity contribution in [2.45, 2.75) is 20.0 Å². The minimum absolute atomic E-state index is 0.207. The smallest absolute Gasteiger partial charge is 0.340 e. The zero-order chi connectivity index (χ0) is 16.5. The van der Waals surface area contributed by atoms with E-state index < -0.39 is 5.97 Å². The maximum absolute atomic E-state index is 12.4. The molecule has 0 aliphatic carbocycles. The van der Waals surface area contributed by atoms with Crippen LogP contribution in [-0.2, 0) is 16.1 Å². The average molecular weight is 312 g/mol. The fourth-order valence-corrected chi connectivity index (χ4v) is 2.15. The van der Waals surface area contributed by atoms with Gasteiger partial charge in [0.15, 0.2) is 0 Å². The lowest BCUT2D eigenvalue weighted by molar-refractivity contribution is -0.105. The van der Waals surface area contributed by atoms with Gasteiger partial charge in [-0.15, -0.1) is 0 Å². The van der Waals surface area contributed by atoms with Crippen LogP contribution in [0.2, 0.25) is 0 Å². The fraction of sp³-hybridized carbons (Fsp3) is 0.222. The summed E-state index contributed by atoms with van der Waals surface area (Å²) in [6.07, 6.45) is 1.49. The first-order chi connectivity index (χ1) is 11.3. The highest BCUT2D eigenvalue weighted by molar-refractivity contribution is 6.00. The van der Waals surface area contributed by atoms with Crippen LogP contribution in [-0.4, -0.2) is 18.9 Å². The molecule has 0 aliphatic heterocycles. The number of carbonyl (C=O) groups is 2. The van der Waals surface area contributed by atoms with Gasteiger partial charge >= 0.3 is 5.97 Å². The zero-order valence-corrected chi connectivity index (χ0v) is 13.0. The molecule has 1 amide bonds. The fourth-order valence-electron chi connectivity index (χ4n) is 2.15. The molecule has 0 saturated carbocycles. The number of rotatable bonds is 8. The second-order valence-electron chi connectivity index (χ2n) is 4.98. The second kappa shape index (κ2) is 8.58. The number of benzene rings is 2. The molecule has 0 fully saturated rings. The molecule has 2 aromatic rings. The summed E-state index contributed by atoms with van der Waals surface area (Å²) < 4.78 is 5.37. The van der Waals surface area contributed by atoms with Crippen LogP contribution in [0.5, 0.6) is 0 Å². The van der Waals surface area contributed by atoms with Crippen LogP contribution in [0.3, 0.4) is 0 Å². The molecule has 120 valence electrons. The molecule has 23 heavy (non-hydrogen) atoms. The van der Waals surface area contributed by atoms with E-state index in [4.69, 9.17) is 4.74 Å². The van der Waals surface area contributed by atoms with Gasteiger partial charge in [-0.3, -0.25) is 4.79 Å². The van der Waals surface area contributed by atoms with E-state index in [2.05, 4.69) is 10.6 Å². The summed E-state index contributed by atoms with van der Waals surface area (Å²) >= 11 is 0. The Morgan fingerprint density at radius 3 is 2.61 bits per heavy atom. The molecule has 2 N–H and O–H groups in total. The molecular formula is C18H20N2O3. The number of esters is 1. The van der Waals surface area contributed by atoms with Crippen LogP contribution < -0.4 is 10.6 Å². The van der Waals surface area contributed by atoms with Gasteiger partial charge in [-0.05, 0) is 24.1 Å². The van der Waals surface area contributed by atoms with Crippen molar-refractivity contribution < 1.29 is 14.3 Å². The van der Waals surface area contributed by atoms with Crippen molar-refractivity contribution in [3.05, 3.63) is 59.7 Å². The molecule has 0 radical (unpaired) electrons. The minimum Gasteiger partial charge on any atom is -0.457 e. The minimum atomic E-state index is -0.429. The summed E-state index contributed by atoms with van der Waals surface area (Å²) in [6.45, 7) is 2.92. The molecule has 2 aromatic carbocycles. The lowest BCUT2D eigenvalue weighted by Crippen LogP contribution is -2.13. The lowest BCUT2D eigenvalue weighted by atomic mass is 10.1. The third-order valence-corrected chi connectivity index (χ3v) is 3.26. The van der Waals surface area contributed by atoms with Gasteiger partial charge in [0.25, 0.3) is 0 Å². The Morgan fingerprint density at radius 1 is 1.13 bits per heavy atom. The molecular weight excluding hydrogens is 292 g/mol. The number of nitrogens with one attached hydrogen (secondary N) is 2. The largest absolute Gasteiger partial charge is 0.457 e. The van der Waals surface area contributed by atoms with E-state index in [1.165, 1.54) is 0 Å². The number of carbonyl (C=O) groups excluding carboxylic acids is 2. The SMILES string of the molecule is CCCNc1c(NC=O)cccc1C(=O)OCc1ccccc1. The highest BCUT2D eigenvalue weighted by Crippen LogP contribution is 2.27. The number of ether oxygens (including phenoxy) is 1. The molecule has 0 atom stereocenters. The first-order valence-electron chi connectivity index (χ1n) is 7.54. The average Bonchev–Trinajstić information content (AvgIpc) is 2.59. The summed E-state index contributed by atoms with van der Waals surface area (Å²) in [5, 5.41) is 5.78. The van der Waals surface area contributed by atoms with Crippen molar-refractivity contribution in [2.75, 3.05) is 17.2 Å². The molecule has 0 unspecified atom stereocenters. The molecule has 0 aliphatic rings. The summed E-state index contributed by atoms with van der Waals surface area (Å²) in [4.78, 5) is 23.1.